The summed E-state index contributed by atoms with van der Waals surface area (Å²) >= 11 is 0. The molecule has 0 aliphatic heterocycles. The van der Waals surface area contributed by atoms with Gasteiger partial charge in [0.05, 0.1) is 18.4 Å². The van der Waals surface area contributed by atoms with Gasteiger partial charge in [-0.1, -0.05) is 18.2 Å². The van der Waals surface area contributed by atoms with Crippen LogP contribution in [0.15, 0.2) is 71.6 Å². The van der Waals surface area contributed by atoms with Crippen molar-refractivity contribution in [1.29, 1.82) is 0 Å². The number of sulfonamides is 1. The number of hydrogen-bond acceptors (Lipinski definition) is 4. The van der Waals surface area contributed by atoms with Gasteiger partial charge in [-0.15, -0.1) is 0 Å². The van der Waals surface area contributed by atoms with E-state index in [0.29, 0.717) is 28.3 Å². The minimum atomic E-state index is -3.88. The molecular weight excluding hydrogens is 407 g/mol. The fourth-order valence-electron chi connectivity index (χ4n) is 2.87. The second kappa shape index (κ2) is 8.96. The summed E-state index contributed by atoms with van der Waals surface area (Å²) in [6.45, 7) is 1.67. The van der Waals surface area contributed by atoms with Crippen LogP contribution in [0.2, 0.25) is 0 Å². The van der Waals surface area contributed by atoms with Gasteiger partial charge in [-0.2, -0.15) is 0 Å². The van der Waals surface area contributed by atoms with Gasteiger partial charge in [-0.05, 0) is 66.6 Å². The van der Waals surface area contributed by atoms with Crippen molar-refractivity contribution in [2.45, 2.75) is 18.2 Å². The largest absolute Gasteiger partial charge is 0.497 e. The average molecular weight is 428 g/mol. The number of amides is 1. The number of nitrogens with one attached hydrogen (secondary N) is 2. The molecule has 8 heteroatoms. The van der Waals surface area contributed by atoms with Gasteiger partial charge in [0.2, 0.25) is 5.91 Å². The van der Waals surface area contributed by atoms with Crippen LogP contribution in [0, 0.1) is 12.7 Å². The standard InChI is InChI=1S/C22H21FN2O4S/c1-15-6-7-19(24-22(26)13-16-4-3-5-17(23)12-16)14-21(15)30(27,28)25-18-8-10-20(29-2)11-9-18/h3-12,14,25H,13H2,1-2H3,(H,24,26). The number of rotatable bonds is 7. The number of anilines is 2. The van der Waals surface area contributed by atoms with Gasteiger partial charge in [0.15, 0.2) is 0 Å². The lowest BCUT2D eigenvalue weighted by Crippen LogP contribution is -2.17. The third-order valence-electron chi connectivity index (χ3n) is 4.36. The van der Waals surface area contributed by atoms with Gasteiger partial charge in [-0.25, -0.2) is 12.8 Å². The fraction of sp³-hybridized carbons (Fsp3) is 0.136. The predicted octanol–water partition coefficient (Wildman–Crippen LogP) is 4.12. The lowest BCUT2D eigenvalue weighted by molar-refractivity contribution is -0.115. The minimum Gasteiger partial charge on any atom is -0.497 e. The fourth-order valence-corrected chi connectivity index (χ4v) is 4.20. The minimum absolute atomic E-state index is 0.0299. The summed E-state index contributed by atoms with van der Waals surface area (Å²) in [7, 11) is -2.35. The second-order valence-electron chi connectivity index (χ2n) is 6.67. The number of carbonyl (C=O) groups excluding carboxylic acids is 1. The van der Waals surface area contributed by atoms with Crippen molar-refractivity contribution in [3.63, 3.8) is 0 Å². The van der Waals surface area contributed by atoms with E-state index in [1.807, 2.05) is 0 Å². The topological polar surface area (TPSA) is 84.5 Å². The molecule has 3 aromatic rings. The molecule has 0 aliphatic carbocycles. The molecule has 3 aromatic carbocycles. The number of benzene rings is 3. The Labute approximate surface area is 174 Å². The Hall–Kier alpha value is -3.39. The van der Waals surface area contributed by atoms with Gasteiger partial charge < -0.3 is 10.1 Å². The maximum absolute atomic E-state index is 13.3. The zero-order chi connectivity index (χ0) is 21.7. The maximum atomic E-state index is 13.3. The molecule has 0 spiro atoms. The van der Waals surface area contributed by atoms with Crippen molar-refractivity contribution in [3.05, 3.63) is 83.7 Å². The van der Waals surface area contributed by atoms with Crippen molar-refractivity contribution in [3.8, 4) is 5.75 Å². The molecule has 0 aliphatic rings. The van der Waals surface area contributed by atoms with Crippen LogP contribution in [0.25, 0.3) is 0 Å². The van der Waals surface area contributed by atoms with Gasteiger partial charge in [0.1, 0.15) is 11.6 Å². The molecule has 0 saturated heterocycles. The van der Waals surface area contributed by atoms with Crippen molar-refractivity contribution in [2.24, 2.45) is 0 Å². The van der Waals surface area contributed by atoms with E-state index >= 15 is 0 Å². The first-order chi connectivity index (χ1) is 14.3. The first kappa shape index (κ1) is 21.3. The van der Waals surface area contributed by atoms with Crippen molar-refractivity contribution in [2.75, 3.05) is 17.1 Å². The highest BCUT2D eigenvalue weighted by atomic mass is 32.2. The van der Waals surface area contributed by atoms with E-state index < -0.39 is 15.8 Å². The van der Waals surface area contributed by atoms with Gasteiger partial charge in [0.25, 0.3) is 10.0 Å². The summed E-state index contributed by atoms with van der Waals surface area (Å²) in [6.07, 6.45) is -0.0299. The van der Waals surface area contributed by atoms with Crippen LogP contribution in [0.4, 0.5) is 15.8 Å². The molecule has 1 amide bonds. The van der Waals surface area contributed by atoms with Crippen LogP contribution in [-0.2, 0) is 21.2 Å². The van der Waals surface area contributed by atoms with E-state index in [1.54, 1.807) is 49.4 Å². The summed E-state index contributed by atoms with van der Waals surface area (Å²) in [6, 6.07) is 16.9. The summed E-state index contributed by atoms with van der Waals surface area (Å²) in [5.41, 5.74) is 1.76. The smallest absolute Gasteiger partial charge is 0.262 e. The molecule has 156 valence electrons. The van der Waals surface area contributed by atoms with E-state index in [2.05, 4.69) is 10.0 Å². The molecule has 3 rings (SSSR count). The van der Waals surface area contributed by atoms with Gasteiger partial charge >= 0.3 is 0 Å². The predicted molar refractivity (Wildman–Crippen MR) is 114 cm³/mol. The van der Waals surface area contributed by atoms with Crippen LogP contribution in [-0.4, -0.2) is 21.4 Å². The average Bonchev–Trinajstić information content (AvgIpc) is 2.69. The van der Waals surface area contributed by atoms with E-state index in [9.17, 15) is 17.6 Å². The van der Waals surface area contributed by atoms with Gasteiger partial charge in [-0.3, -0.25) is 9.52 Å². The normalized spacial score (nSPS) is 11.0. The highest BCUT2D eigenvalue weighted by Gasteiger charge is 2.18. The highest BCUT2D eigenvalue weighted by Crippen LogP contribution is 2.24. The SMILES string of the molecule is COc1ccc(NS(=O)(=O)c2cc(NC(=O)Cc3cccc(F)c3)ccc2C)cc1. The molecule has 0 atom stereocenters. The lowest BCUT2D eigenvalue weighted by atomic mass is 10.1. The number of hydrogen-bond donors (Lipinski definition) is 2. The zero-order valence-electron chi connectivity index (χ0n) is 16.5. The Balaban J connectivity index is 1.77. The Morgan fingerprint density at radius 1 is 1.00 bits per heavy atom. The van der Waals surface area contributed by atoms with Crippen molar-refractivity contribution >= 4 is 27.3 Å². The Bertz CT molecular complexity index is 1160. The van der Waals surface area contributed by atoms with E-state index in [0.717, 1.165) is 0 Å². The Morgan fingerprint density at radius 3 is 2.37 bits per heavy atom. The zero-order valence-corrected chi connectivity index (χ0v) is 17.3. The summed E-state index contributed by atoms with van der Waals surface area (Å²) in [4.78, 5) is 12.3. The van der Waals surface area contributed by atoms with Crippen LogP contribution >= 0.6 is 0 Å². The number of carbonyl (C=O) groups is 1. The Morgan fingerprint density at radius 2 is 1.70 bits per heavy atom. The third kappa shape index (κ3) is 5.36. The maximum Gasteiger partial charge on any atom is 0.262 e. The molecule has 0 aromatic heterocycles. The van der Waals surface area contributed by atoms with Crippen molar-refractivity contribution in [1.82, 2.24) is 0 Å². The van der Waals surface area contributed by atoms with E-state index in [1.165, 1.54) is 31.4 Å². The monoisotopic (exact) mass is 428 g/mol. The molecule has 0 saturated carbocycles. The highest BCUT2D eigenvalue weighted by molar-refractivity contribution is 7.92. The summed E-state index contributed by atoms with van der Waals surface area (Å²) < 4.78 is 46.6. The van der Waals surface area contributed by atoms with Gasteiger partial charge in [0, 0.05) is 11.4 Å². The molecule has 0 heterocycles. The number of aryl methyl sites for hydroxylation is 1. The van der Waals surface area contributed by atoms with E-state index in [-0.39, 0.29) is 17.2 Å². The first-order valence-electron chi connectivity index (χ1n) is 9.08. The number of methoxy groups -OCH3 is 1. The van der Waals surface area contributed by atoms with Crippen LogP contribution in [0.5, 0.6) is 5.75 Å². The molecule has 0 radical (unpaired) electrons. The number of ether oxygens (including phenoxy) is 1. The van der Waals surface area contributed by atoms with Crippen LogP contribution in [0.1, 0.15) is 11.1 Å². The lowest BCUT2D eigenvalue weighted by Gasteiger charge is -2.13. The Kier molecular flexibility index (Phi) is 6.37. The first-order valence-corrected chi connectivity index (χ1v) is 10.6. The molecule has 6 nitrogen and oxygen atoms in total. The van der Waals surface area contributed by atoms with Crippen LogP contribution in [0.3, 0.4) is 0 Å². The van der Waals surface area contributed by atoms with E-state index in [4.69, 9.17) is 4.74 Å². The number of halogens is 1. The molecule has 30 heavy (non-hydrogen) atoms. The molecule has 2 N–H and O–H groups in total. The molecule has 0 unspecified atom stereocenters. The van der Waals surface area contributed by atoms with Crippen LogP contribution < -0.4 is 14.8 Å². The molecule has 0 fully saturated rings. The second-order valence-corrected chi connectivity index (χ2v) is 8.32. The molecule has 0 bridgehead atoms. The molecular formula is C22H21FN2O4S. The summed E-state index contributed by atoms with van der Waals surface area (Å²) in [5.74, 6) is -0.193. The summed E-state index contributed by atoms with van der Waals surface area (Å²) in [5, 5.41) is 2.66. The van der Waals surface area contributed by atoms with Crippen molar-refractivity contribution < 1.29 is 22.3 Å². The quantitative estimate of drug-likeness (QED) is 0.593. The third-order valence-corrected chi connectivity index (χ3v) is 5.88.